The molecule has 2 amide bonds. The average Bonchev–Trinajstić information content (AvgIpc) is 3.49. The Morgan fingerprint density at radius 1 is 1.15 bits per heavy atom. The van der Waals surface area contributed by atoms with Crippen molar-refractivity contribution in [3.8, 4) is 0 Å². The highest BCUT2D eigenvalue weighted by molar-refractivity contribution is 7.98. The number of nitrogens with zero attached hydrogens (tertiary/aromatic N) is 2. The van der Waals surface area contributed by atoms with Crippen molar-refractivity contribution in [2.45, 2.75) is 94.0 Å². The summed E-state index contributed by atoms with van der Waals surface area (Å²) in [6.45, 7) is 2.15. The van der Waals surface area contributed by atoms with Gasteiger partial charge in [0.1, 0.15) is 0 Å². The van der Waals surface area contributed by atoms with Crippen molar-refractivity contribution in [1.29, 1.82) is 0 Å². The quantitative estimate of drug-likeness (QED) is 0.328. The van der Waals surface area contributed by atoms with Crippen LogP contribution in [0.25, 0.3) is 0 Å². The standard InChI is InChI=1S/C24H34N4O3S2/c1-2-31-22(29)17-13-21(25-14-17)32-15-18-16-33-23(26-18)27-24(30)28(19-9-5-3-6-10-19)20-11-7-4-8-12-20/h13-14,16,19-20,25H,2-12,15H2,1H3,(H,26,27,30). The van der Waals surface area contributed by atoms with Crippen LogP contribution in [0.1, 0.15) is 87.2 Å². The SMILES string of the molecule is CCOC(=O)c1c[nH]c(SCc2csc(NC(=O)N(C3CCCCC3)C3CCCCC3)n2)c1. The molecule has 0 aliphatic heterocycles. The number of aromatic amines is 1. The number of anilines is 1. The first-order valence-electron chi connectivity index (χ1n) is 12.2. The normalized spacial score (nSPS) is 17.6. The van der Waals surface area contributed by atoms with Gasteiger partial charge in [-0.25, -0.2) is 14.6 Å². The van der Waals surface area contributed by atoms with Crippen molar-refractivity contribution < 1.29 is 14.3 Å². The molecule has 33 heavy (non-hydrogen) atoms. The maximum Gasteiger partial charge on any atom is 0.339 e. The number of thiazole rings is 1. The molecule has 0 saturated heterocycles. The molecule has 7 nitrogen and oxygen atoms in total. The molecule has 2 aromatic heterocycles. The van der Waals surface area contributed by atoms with E-state index in [1.807, 2.05) is 5.38 Å². The number of carbonyl (C=O) groups is 2. The molecule has 2 fully saturated rings. The Morgan fingerprint density at radius 2 is 1.82 bits per heavy atom. The fraction of sp³-hybridized carbons (Fsp3) is 0.625. The third kappa shape index (κ3) is 6.53. The summed E-state index contributed by atoms with van der Waals surface area (Å²) in [7, 11) is 0. The van der Waals surface area contributed by atoms with Crippen molar-refractivity contribution >= 4 is 40.2 Å². The summed E-state index contributed by atoms with van der Waals surface area (Å²) < 4.78 is 5.03. The van der Waals surface area contributed by atoms with Crippen LogP contribution in [-0.4, -0.2) is 45.6 Å². The molecule has 0 unspecified atom stereocenters. The summed E-state index contributed by atoms with van der Waals surface area (Å²) in [5.74, 6) is 0.337. The molecule has 2 aliphatic carbocycles. The lowest BCUT2D eigenvalue weighted by Gasteiger charge is -2.41. The molecule has 2 N–H and O–H groups in total. The maximum absolute atomic E-state index is 13.3. The van der Waals surface area contributed by atoms with Gasteiger partial charge >= 0.3 is 12.0 Å². The molecule has 2 aliphatic rings. The topological polar surface area (TPSA) is 87.3 Å². The highest BCUT2D eigenvalue weighted by atomic mass is 32.2. The second-order valence-corrected chi connectivity index (χ2v) is 10.7. The van der Waals surface area contributed by atoms with E-state index in [0.717, 1.165) is 36.4 Å². The molecule has 2 aromatic rings. The number of H-pyrrole nitrogens is 1. The number of rotatable bonds is 8. The predicted octanol–water partition coefficient (Wildman–Crippen LogP) is 6.44. The molecule has 4 rings (SSSR count). The minimum Gasteiger partial charge on any atom is -0.462 e. The average molecular weight is 491 g/mol. The Hall–Kier alpha value is -2.00. The zero-order valence-corrected chi connectivity index (χ0v) is 20.9. The van der Waals surface area contributed by atoms with E-state index in [2.05, 4.69) is 20.2 Å². The van der Waals surface area contributed by atoms with E-state index >= 15 is 0 Å². The van der Waals surface area contributed by atoms with Crippen molar-refractivity contribution in [2.75, 3.05) is 11.9 Å². The van der Waals surface area contributed by atoms with Gasteiger partial charge in [-0.2, -0.15) is 0 Å². The Morgan fingerprint density at radius 3 is 2.45 bits per heavy atom. The summed E-state index contributed by atoms with van der Waals surface area (Å²) >= 11 is 3.04. The summed E-state index contributed by atoms with van der Waals surface area (Å²) in [5, 5.41) is 6.64. The summed E-state index contributed by atoms with van der Waals surface area (Å²) in [5.41, 5.74) is 1.44. The minimum atomic E-state index is -0.320. The first kappa shape index (κ1) is 24.1. The maximum atomic E-state index is 13.3. The van der Waals surface area contributed by atoms with Crippen LogP contribution in [0.3, 0.4) is 0 Å². The number of hydrogen-bond acceptors (Lipinski definition) is 6. The third-order valence-electron chi connectivity index (χ3n) is 6.48. The van der Waals surface area contributed by atoms with E-state index in [1.165, 1.54) is 49.9 Å². The van der Waals surface area contributed by atoms with Crippen LogP contribution in [0.15, 0.2) is 22.7 Å². The van der Waals surface area contributed by atoms with Gasteiger partial charge in [-0.1, -0.05) is 38.5 Å². The molecule has 0 spiro atoms. The number of carbonyl (C=O) groups excluding carboxylic acids is 2. The van der Waals surface area contributed by atoms with E-state index in [4.69, 9.17) is 4.74 Å². The summed E-state index contributed by atoms with van der Waals surface area (Å²) in [6.07, 6.45) is 13.6. The van der Waals surface area contributed by atoms with Crippen LogP contribution < -0.4 is 5.32 Å². The van der Waals surface area contributed by atoms with E-state index in [-0.39, 0.29) is 12.0 Å². The Balaban J connectivity index is 1.34. The van der Waals surface area contributed by atoms with E-state index < -0.39 is 0 Å². The lowest BCUT2D eigenvalue weighted by molar-refractivity contribution is 0.0526. The summed E-state index contributed by atoms with van der Waals surface area (Å²) in [4.78, 5) is 35.1. The van der Waals surface area contributed by atoms with Crippen molar-refractivity contribution in [2.24, 2.45) is 0 Å². The first-order valence-corrected chi connectivity index (χ1v) is 14.0. The van der Waals surface area contributed by atoms with Crippen molar-refractivity contribution in [3.63, 3.8) is 0 Å². The van der Waals surface area contributed by atoms with Crippen molar-refractivity contribution in [3.05, 3.63) is 28.9 Å². The molecule has 0 aromatic carbocycles. The number of nitrogens with one attached hydrogen (secondary N) is 2. The smallest absolute Gasteiger partial charge is 0.339 e. The lowest BCUT2D eigenvalue weighted by Crippen LogP contribution is -2.50. The fourth-order valence-electron chi connectivity index (χ4n) is 4.88. The molecule has 180 valence electrons. The van der Waals surface area contributed by atoms with Crippen LogP contribution in [0, 0.1) is 0 Å². The van der Waals surface area contributed by atoms with Crippen LogP contribution >= 0.6 is 23.1 Å². The largest absolute Gasteiger partial charge is 0.462 e. The Bertz CT molecular complexity index is 898. The number of amides is 2. The van der Waals surface area contributed by atoms with Gasteiger partial charge in [0.15, 0.2) is 5.13 Å². The first-order chi connectivity index (χ1) is 16.1. The Labute approximate surface area is 204 Å². The van der Waals surface area contributed by atoms with Gasteiger partial charge in [0.2, 0.25) is 0 Å². The van der Waals surface area contributed by atoms with Gasteiger partial charge in [0.05, 0.1) is 22.9 Å². The van der Waals surface area contributed by atoms with Crippen molar-refractivity contribution in [1.82, 2.24) is 14.9 Å². The molecule has 2 saturated carbocycles. The molecule has 9 heteroatoms. The zero-order valence-electron chi connectivity index (χ0n) is 19.3. The van der Waals surface area contributed by atoms with Crippen LogP contribution in [0.5, 0.6) is 0 Å². The number of thioether (sulfide) groups is 1. The predicted molar refractivity (Wildman–Crippen MR) is 133 cm³/mol. The number of ether oxygens (including phenoxy) is 1. The fourth-order valence-corrected chi connectivity index (χ4v) is 6.48. The number of hydrogen-bond donors (Lipinski definition) is 2. The van der Waals surface area contributed by atoms with E-state index in [1.54, 1.807) is 30.9 Å². The molecule has 0 atom stereocenters. The second-order valence-electron chi connectivity index (χ2n) is 8.83. The van der Waals surface area contributed by atoms with Crippen LogP contribution in [0.2, 0.25) is 0 Å². The highest BCUT2D eigenvalue weighted by Crippen LogP contribution is 2.31. The van der Waals surface area contributed by atoms with Crippen LogP contribution in [0.4, 0.5) is 9.93 Å². The monoisotopic (exact) mass is 490 g/mol. The van der Waals surface area contributed by atoms with Gasteiger partial charge in [-0.15, -0.1) is 23.1 Å². The molecular formula is C24H34N4O3S2. The number of esters is 1. The van der Waals surface area contributed by atoms with Gasteiger partial charge < -0.3 is 14.6 Å². The summed E-state index contributed by atoms with van der Waals surface area (Å²) in [6, 6.07) is 2.53. The number of urea groups is 1. The highest BCUT2D eigenvalue weighted by Gasteiger charge is 2.32. The van der Waals surface area contributed by atoms with Crippen LogP contribution in [-0.2, 0) is 10.5 Å². The van der Waals surface area contributed by atoms with E-state index in [9.17, 15) is 9.59 Å². The van der Waals surface area contributed by atoms with Gasteiger partial charge in [-0.3, -0.25) is 5.32 Å². The molecule has 0 bridgehead atoms. The van der Waals surface area contributed by atoms with Gasteiger partial charge in [-0.05, 0) is 38.7 Å². The molecular weight excluding hydrogens is 456 g/mol. The van der Waals surface area contributed by atoms with Gasteiger partial charge in [0, 0.05) is 29.4 Å². The molecule has 0 radical (unpaired) electrons. The molecule has 2 heterocycles. The minimum absolute atomic E-state index is 0.0193. The third-order valence-corrected chi connectivity index (χ3v) is 8.27. The Kier molecular flexibility index (Phi) is 8.72. The number of aromatic nitrogens is 2. The zero-order chi connectivity index (χ0) is 23.0. The lowest BCUT2D eigenvalue weighted by atomic mass is 9.89. The van der Waals surface area contributed by atoms with E-state index in [0.29, 0.717) is 35.1 Å². The second kappa shape index (κ2) is 11.9. The van der Waals surface area contributed by atoms with Gasteiger partial charge in [0.25, 0.3) is 0 Å².